The molecular formula is C18H18N4O3. The molecule has 0 aliphatic carbocycles. The highest BCUT2D eigenvalue weighted by molar-refractivity contribution is 5.86. The van der Waals surface area contributed by atoms with Crippen LogP contribution in [-0.4, -0.2) is 45.4 Å². The first-order valence-corrected chi connectivity index (χ1v) is 8.35. The zero-order valence-electron chi connectivity index (χ0n) is 13.7. The van der Waals surface area contributed by atoms with E-state index in [0.29, 0.717) is 23.7 Å². The van der Waals surface area contributed by atoms with Gasteiger partial charge < -0.3 is 14.2 Å². The number of aromatic nitrogens is 3. The van der Waals surface area contributed by atoms with Crippen molar-refractivity contribution in [3.63, 3.8) is 0 Å². The molecule has 1 atom stereocenters. The van der Waals surface area contributed by atoms with Crippen LogP contribution in [0, 0.1) is 0 Å². The molecule has 0 saturated carbocycles. The molecule has 1 saturated heterocycles. The number of carbonyl (C=O) groups excluding carboxylic acids is 1. The van der Waals surface area contributed by atoms with Gasteiger partial charge in [0.05, 0.1) is 13.0 Å². The van der Waals surface area contributed by atoms with Crippen molar-refractivity contribution in [3.8, 4) is 5.88 Å². The van der Waals surface area contributed by atoms with Crippen LogP contribution in [0.1, 0.15) is 18.5 Å². The molecule has 7 nitrogen and oxygen atoms in total. The maximum absolute atomic E-state index is 12.7. The van der Waals surface area contributed by atoms with E-state index in [0.717, 1.165) is 24.8 Å². The van der Waals surface area contributed by atoms with Gasteiger partial charge in [-0.15, -0.1) is 5.10 Å². The Kier molecular flexibility index (Phi) is 4.28. The first-order chi connectivity index (χ1) is 12.3. The number of ether oxygens (including phenoxy) is 1. The van der Waals surface area contributed by atoms with E-state index in [2.05, 4.69) is 15.4 Å². The van der Waals surface area contributed by atoms with Crippen molar-refractivity contribution >= 4 is 16.9 Å². The van der Waals surface area contributed by atoms with Gasteiger partial charge in [0.1, 0.15) is 11.8 Å². The normalized spacial score (nSPS) is 17.6. The lowest BCUT2D eigenvalue weighted by Gasteiger charge is -2.32. The Labute approximate surface area is 144 Å². The summed E-state index contributed by atoms with van der Waals surface area (Å²) in [6.07, 6.45) is 3.56. The van der Waals surface area contributed by atoms with Crippen LogP contribution in [0.3, 0.4) is 0 Å². The smallest absolute Gasteiger partial charge is 0.233 e. The number of piperidine rings is 1. The molecule has 0 bridgehead atoms. The number of likely N-dealkylation sites (tertiary alicyclic amines) is 1. The van der Waals surface area contributed by atoms with E-state index >= 15 is 0 Å². The quantitative estimate of drug-likeness (QED) is 0.725. The van der Waals surface area contributed by atoms with Gasteiger partial charge in [-0.1, -0.05) is 17.3 Å². The summed E-state index contributed by atoms with van der Waals surface area (Å²) in [7, 11) is 0. The van der Waals surface area contributed by atoms with Gasteiger partial charge in [0.25, 0.3) is 0 Å². The molecule has 1 aromatic carbocycles. The van der Waals surface area contributed by atoms with Gasteiger partial charge in [-0.25, -0.2) is 0 Å². The van der Waals surface area contributed by atoms with Crippen molar-refractivity contribution in [2.75, 3.05) is 13.1 Å². The van der Waals surface area contributed by atoms with Gasteiger partial charge in [0, 0.05) is 24.2 Å². The van der Waals surface area contributed by atoms with Gasteiger partial charge in [-0.05, 0) is 31.0 Å². The number of nitrogens with zero attached hydrogens (tertiary/aromatic N) is 4. The molecule has 0 spiro atoms. The SMILES string of the molecule is O=C(Cc1noc2ccccc12)N1CCCC(Oc2cccnn2)C1. The van der Waals surface area contributed by atoms with Crippen molar-refractivity contribution in [2.45, 2.75) is 25.4 Å². The second kappa shape index (κ2) is 6.88. The molecule has 1 fully saturated rings. The summed E-state index contributed by atoms with van der Waals surface area (Å²) in [6, 6.07) is 11.1. The first-order valence-electron chi connectivity index (χ1n) is 8.35. The number of para-hydroxylation sites is 1. The Morgan fingerprint density at radius 3 is 3.08 bits per heavy atom. The van der Waals surface area contributed by atoms with Gasteiger partial charge in [0.2, 0.25) is 11.8 Å². The molecule has 7 heteroatoms. The molecular weight excluding hydrogens is 320 g/mol. The highest BCUT2D eigenvalue weighted by atomic mass is 16.5. The molecule has 0 radical (unpaired) electrons. The van der Waals surface area contributed by atoms with Crippen molar-refractivity contribution in [3.05, 3.63) is 48.3 Å². The lowest BCUT2D eigenvalue weighted by molar-refractivity contribution is -0.133. The fraction of sp³-hybridized carbons (Fsp3) is 0.333. The fourth-order valence-corrected chi connectivity index (χ4v) is 3.10. The van der Waals surface area contributed by atoms with E-state index in [9.17, 15) is 4.79 Å². The van der Waals surface area contributed by atoms with Crippen LogP contribution in [0.15, 0.2) is 47.1 Å². The van der Waals surface area contributed by atoms with Crippen LogP contribution < -0.4 is 4.74 Å². The number of hydrogen-bond donors (Lipinski definition) is 0. The van der Waals surface area contributed by atoms with E-state index < -0.39 is 0 Å². The Morgan fingerprint density at radius 2 is 2.20 bits per heavy atom. The summed E-state index contributed by atoms with van der Waals surface area (Å²) in [5.74, 6) is 0.524. The first kappa shape index (κ1) is 15.6. The fourth-order valence-electron chi connectivity index (χ4n) is 3.10. The van der Waals surface area contributed by atoms with Crippen LogP contribution in [0.4, 0.5) is 0 Å². The van der Waals surface area contributed by atoms with Crippen LogP contribution in [0.2, 0.25) is 0 Å². The summed E-state index contributed by atoms with van der Waals surface area (Å²) in [4.78, 5) is 14.5. The van der Waals surface area contributed by atoms with E-state index in [4.69, 9.17) is 9.26 Å². The zero-order valence-corrected chi connectivity index (χ0v) is 13.7. The minimum Gasteiger partial charge on any atom is -0.471 e. The van der Waals surface area contributed by atoms with Gasteiger partial charge >= 0.3 is 0 Å². The van der Waals surface area contributed by atoms with E-state index in [1.807, 2.05) is 29.2 Å². The number of fused-ring (bicyclic) bond motifs is 1. The Morgan fingerprint density at radius 1 is 1.28 bits per heavy atom. The third-order valence-corrected chi connectivity index (χ3v) is 4.34. The highest BCUT2D eigenvalue weighted by Crippen LogP contribution is 2.20. The lowest BCUT2D eigenvalue weighted by atomic mass is 10.1. The number of carbonyl (C=O) groups is 1. The predicted molar refractivity (Wildman–Crippen MR) is 90.0 cm³/mol. The van der Waals surface area contributed by atoms with Crippen LogP contribution in [0.25, 0.3) is 11.0 Å². The Hall–Kier alpha value is -2.96. The average molecular weight is 338 g/mol. The van der Waals surface area contributed by atoms with Crippen LogP contribution in [-0.2, 0) is 11.2 Å². The molecule has 1 aliphatic heterocycles. The summed E-state index contributed by atoms with van der Waals surface area (Å²) >= 11 is 0. The molecule has 1 amide bonds. The van der Waals surface area contributed by atoms with Crippen molar-refractivity contribution in [2.24, 2.45) is 0 Å². The van der Waals surface area contributed by atoms with E-state index in [-0.39, 0.29) is 18.4 Å². The summed E-state index contributed by atoms with van der Waals surface area (Å²) in [6.45, 7) is 1.28. The van der Waals surface area contributed by atoms with Crippen molar-refractivity contribution in [1.82, 2.24) is 20.3 Å². The topological polar surface area (TPSA) is 81.4 Å². The average Bonchev–Trinajstić information content (AvgIpc) is 3.06. The number of benzene rings is 1. The molecule has 3 heterocycles. The van der Waals surface area contributed by atoms with Gasteiger partial charge in [-0.3, -0.25) is 4.79 Å². The third-order valence-electron chi connectivity index (χ3n) is 4.34. The minimum atomic E-state index is -0.0662. The molecule has 25 heavy (non-hydrogen) atoms. The van der Waals surface area contributed by atoms with Crippen LogP contribution >= 0.6 is 0 Å². The number of rotatable bonds is 4. The van der Waals surface area contributed by atoms with Crippen molar-refractivity contribution in [1.29, 1.82) is 0 Å². The molecule has 4 rings (SSSR count). The second-order valence-corrected chi connectivity index (χ2v) is 6.09. The highest BCUT2D eigenvalue weighted by Gasteiger charge is 2.26. The van der Waals surface area contributed by atoms with E-state index in [1.165, 1.54) is 0 Å². The molecule has 1 aliphatic rings. The van der Waals surface area contributed by atoms with E-state index in [1.54, 1.807) is 18.3 Å². The standard InChI is InChI=1S/C18H18N4O3/c23-18(11-15-14-6-1-2-7-16(14)25-21-15)22-10-4-5-13(12-22)24-17-8-3-9-19-20-17/h1-3,6-9,13H,4-5,10-12H2. The lowest BCUT2D eigenvalue weighted by Crippen LogP contribution is -2.45. The predicted octanol–water partition coefficient (Wildman–Crippen LogP) is 2.23. The molecule has 2 aromatic heterocycles. The monoisotopic (exact) mass is 338 g/mol. The summed E-state index contributed by atoms with van der Waals surface area (Å²) in [5.41, 5.74) is 1.38. The Balaban J connectivity index is 1.41. The molecule has 128 valence electrons. The maximum Gasteiger partial charge on any atom is 0.233 e. The second-order valence-electron chi connectivity index (χ2n) is 6.09. The molecule has 1 unspecified atom stereocenters. The Bertz CT molecular complexity index is 865. The summed E-state index contributed by atoms with van der Waals surface area (Å²) in [5, 5.41) is 12.7. The van der Waals surface area contributed by atoms with Crippen LogP contribution in [0.5, 0.6) is 5.88 Å². The molecule has 3 aromatic rings. The minimum absolute atomic E-state index is 0.0338. The number of hydrogen-bond acceptors (Lipinski definition) is 6. The zero-order chi connectivity index (χ0) is 17.1. The maximum atomic E-state index is 12.7. The summed E-state index contributed by atoms with van der Waals surface area (Å²) < 4.78 is 11.1. The van der Waals surface area contributed by atoms with Crippen molar-refractivity contribution < 1.29 is 14.1 Å². The van der Waals surface area contributed by atoms with Gasteiger partial charge in [0.15, 0.2) is 5.58 Å². The van der Waals surface area contributed by atoms with Gasteiger partial charge in [-0.2, -0.15) is 5.10 Å². The third kappa shape index (κ3) is 3.45. The largest absolute Gasteiger partial charge is 0.471 e. The number of amides is 1. The molecule has 0 N–H and O–H groups in total.